The number of aromatic nitrogens is 2. The molecule has 0 N–H and O–H groups in total. The number of piperidine rings is 1. The van der Waals surface area contributed by atoms with E-state index in [0.29, 0.717) is 5.69 Å². The van der Waals surface area contributed by atoms with Crippen molar-refractivity contribution in [1.29, 1.82) is 0 Å². The molecule has 5 heteroatoms. The molecule has 2 heterocycles. The van der Waals surface area contributed by atoms with Crippen molar-refractivity contribution in [3.05, 3.63) is 48.4 Å². The summed E-state index contributed by atoms with van der Waals surface area (Å²) in [4.78, 5) is 24.9. The molecule has 0 atom stereocenters. The third-order valence-electron chi connectivity index (χ3n) is 3.99. The van der Waals surface area contributed by atoms with Crippen LogP contribution in [0, 0.1) is 0 Å². The number of hydrogen-bond acceptors (Lipinski definition) is 4. The Morgan fingerprint density at radius 2 is 1.77 bits per heavy atom. The van der Waals surface area contributed by atoms with Crippen LogP contribution in [0.25, 0.3) is 0 Å². The van der Waals surface area contributed by atoms with Gasteiger partial charge >= 0.3 is 0 Å². The third kappa shape index (κ3) is 3.08. The summed E-state index contributed by atoms with van der Waals surface area (Å²) in [5.41, 5.74) is 1.46. The van der Waals surface area contributed by atoms with Crippen molar-refractivity contribution >= 4 is 17.4 Å². The van der Waals surface area contributed by atoms with Gasteiger partial charge in [0.2, 0.25) is 0 Å². The van der Waals surface area contributed by atoms with Gasteiger partial charge in [-0.2, -0.15) is 0 Å². The van der Waals surface area contributed by atoms with Crippen LogP contribution in [0.15, 0.2) is 42.7 Å². The van der Waals surface area contributed by atoms with Crippen LogP contribution in [-0.2, 0) is 0 Å². The van der Waals surface area contributed by atoms with Crippen LogP contribution in [0.5, 0.6) is 0 Å². The predicted molar refractivity (Wildman–Crippen MR) is 86.3 cm³/mol. The summed E-state index contributed by atoms with van der Waals surface area (Å²) >= 11 is 0. The maximum atomic E-state index is 12.4. The second kappa shape index (κ2) is 6.56. The first-order valence-electron chi connectivity index (χ1n) is 7.66. The van der Waals surface area contributed by atoms with Crippen LogP contribution in [0.3, 0.4) is 0 Å². The largest absolute Gasteiger partial charge is 0.337 e. The number of para-hydroxylation sites is 1. The lowest BCUT2D eigenvalue weighted by Crippen LogP contribution is -2.36. The maximum absolute atomic E-state index is 12.4. The monoisotopic (exact) mass is 296 g/mol. The van der Waals surface area contributed by atoms with Gasteiger partial charge in [0.1, 0.15) is 5.69 Å². The van der Waals surface area contributed by atoms with Gasteiger partial charge in [0.25, 0.3) is 5.91 Å². The summed E-state index contributed by atoms with van der Waals surface area (Å²) in [6.07, 6.45) is 6.59. The fourth-order valence-corrected chi connectivity index (χ4v) is 2.65. The highest BCUT2D eigenvalue weighted by molar-refractivity contribution is 5.92. The summed E-state index contributed by atoms with van der Waals surface area (Å²) in [5.74, 6) is 0.711. The van der Waals surface area contributed by atoms with Crippen molar-refractivity contribution in [1.82, 2.24) is 14.9 Å². The number of carbonyl (C=O) groups excluding carboxylic acids is 1. The normalized spacial score (nSPS) is 14.7. The molecular weight excluding hydrogens is 276 g/mol. The highest BCUT2D eigenvalue weighted by atomic mass is 16.2. The van der Waals surface area contributed by atoms with E-state index < -0.39 is 0 Å². The summed E-state index contributed by atoms with van der Waals surface area (Å²) in [7, 11) is 1.94. The molecule has 1 fully saturated rings. The second-order valence-corrected chi connectivity index (χ2v) is 5.51. The molecule has 22 heavy (non-hydrogen) atoms. The molecule has 0 unspecified atom stereocenters. The molecule has 2 aromatic rings. The Bertz CT molecular complexity index is 621. The molecule has 0 spiro atoms. The molecule has 3 rings (SSSR count). The molecule has 0 bridgehead atoms. The van der Waals surface area contributed by atoms with Gasteiger partial charge in [-0.25, -0.2) is 9.97 Å². The Labute approximate surface area is 130 Å². The summed E-state index contributed by atoms with van der Waals surface area (Å²) in [6, 6.07) is 9.95. The van der Waals surface area contributed by atoms with E-state index in [1.54, 1.807) is 12.4 Å². The average Bonchev–Trinajstić information content (AvgIpc) is 2.62. The third-order valence-corrected chi connectivity index (χ3v) is 3.99. The van der Waals surface area contributed by atoms with Crippen LogP contribution >= 0.6 is 0 Å². The quantitative estimate of drug-likeness (QED) is 0.874. The number of carbonyl (C=O) groups is 1. The molecule has 0 saturated carbocycles. The summed E-state index contributed by atoms with van der Waals surface area (Å²) in [6.45, 7) is 1.65. The minimum Gasteiger partial charge on any atom is -0.337 e. The first-order valence-corrected chi connectivity index (χ1v) is 7.66. The number of amides is 1. The van der Waals surface area contributed by atoms with Crippen molar-refractivity contribution < 1.29 is 4.79 Å². The lowest BCUT2D eigenvalue weighted by molar-refractivity contribution is 0.0718. The fraction of sp³-hybridized carbons (Fsp3) is 0.353. The molecule has 1 amide bonds. The number of rotatable bonds is 3. The minimum atomic E-state index is -0.0129. The SMILES string of the molecule is CN(c1ccccc1)c1cnc(C(=O)N2CCCCC2)cn1. The van der Waals surface area contributed by atoms with Gasteiger partial charge in [-0.1, -0.05) is 18.2 Å². The Morgan fingerprint density at radius 1 is 1.05 bits per heavy atom. The number of benzene rings is 1. The van der Waals surface area contributed by atoms with Gasteiger partial charge < -0.3 is 9.80 Å². The zero-order valence-electron chi connectivity index (χ0n) is 12.8. The smallest absolute Gasteiger partial charge is 0.274 e. The maximum Gasteiger partial charge on any atom is 0.274 e. The first-order chi connectivity index (χ1) is 10.8. The van der Waals surface area contributed by atoms with E-state index in [2.05, 4.69) is 9.97 Å². The van der Waals surface area contributed by atoms with Crippen LogP contribution in [0.4, 0.5) is 11.5 Å². The standard InChI is InChI=1S/C17H20N4O/c1-20(14-8-4-2-5-9-14)16-13-18-15(12-19-16)17(22)21-10-6-3-7-11-21/h2,4-5,8-9,12-13H,3,6-7,10-11H2,1H3. The van der Waals surface area contributed by atoms with Crippen molar-refractivity contribution in [3.63, 3.8) is 0 Å². The van der Waals surface area contributed by atoms with E-state index in [0.717, 1.165) is 37.4 Å². The molecule has 0 aliphatic carbocycles. The molecule has 0 radical (unpaired) electrons. The topological polar surface area (TPSA) is 49.3 Å². The molecule has 114 valence electrons. The van der Waals surface area contributed by atoms with Gasteiger partial charge in [0.15, 0.2) is 5.82 Å². The van der Waals surface area contributed by atoms with Crippen molar-refractivity contribution in [2.75, 3.05) is 25.0 Å². The zero-order chi connectivity index (χ0) is 15.4. The van der Waals surface area contributed by atoms with E-state index in [9.17, 15) is 4.79 Å². The Hall–Kier alpha value is -2.43. The van der Waals surface area contributed by atoms with Crippen LogP contribution in [0.2, 0.25) is 0 Å². The Morgan fingerprint density at radius 3 is 2.41 bits per heavy atom. The molecule has 1 aromatic carbocycles. The van der Waals surface area contributed by atoms with E-state index in [-0.39, 0.29) is 5.91 Å². The van der Waals surface area contributed by atoms with Gasteiger partial charge in [0, 0.05) is 25.8 Å². The molecule has 1 aromatic heterocycles. The number of anilines is 2. The van der Waals surface area contributed by atoms with Gasteiger partial charge in [-0.15, -0.1) is 0 Å². The molecular formula is C17H20N4O. The highest BCUT2D eigenvalue weighted by Gasteiger charge is 2.19. The van der Waals surface area contributed by atoms with E-state index >= 15 is 0 Å². The molecule has 1 aliphatic heterocycles. The van der Waals surface area contributed by atoms with Gasteiger partial charge in [-0.05, 0) is 31.4 Å². The zero-order valence-corrected chi connectivity index (χ0v) is 12.8. The van der Waals surface area contributed by atoms with E-state index in [1.165, 1.54) is 6.42 Å². The number of hydrogen-bond donors (Lipinski definition) is 0. The van der Waals surface area contributed by atoms with E-state index in [1.807, 2.05) is 47.2 Å². The van der Waals surface area contributed by atoms with E-state index in [4.69, 9.17) is 0 Å². The van der Waals surface area contributed by atoms with Gasteiger partial charge in [0.05, 0.1) is 12.4 Å². The lowest BCUT2D eigenvalue weighted by Gasteiger charge is -2.26. The molecule has 1 aliphatic rings. The Kier molecular flexibility index (Phi) is 4.32. The van der Waals surface area contributed by atoms with Crippen LogP contribution in [-0.4, -0.2) is 40.9 Å². The minimum absolute atomic E-state index is 0.0129. The number of nitrogens with zero attached hydrogens (tertiary/aromatic N) is 4. The number of likely N-dealkylation sites (tertiary alicyclic amines) is 1. The molecule has 1 saturated heterocycles. The molecule has 5 nitrogen and oxygen atoms in total. The van der Waals surface area contributed by atoms with Crippen molar-refractivity contribution in [2.45, 2.75) is 19.3 Å². The van der Waals surface area contributed by atoms with Crippen LogP contribution < -0.4 is 4.90 Å². The highest BCUT2D eigenvalue weighted by Crippen LogP contribution is 2.20. The Balaban J connectivity index is 1.73. The predicted octanol–water partition coefficient (Wildman–Crippen LogP) is 2.87. The lowest BCUT2D eigenvalue weighted by atomic mass is 10.1. The average molecular weight is 296 g/mol. The summed E-state index contributed by atoms with van der Waals surface area (Å²) < 4.78 is 0. The second-order valence-electron chi connectivity index (χ2n) is 5.51. The van der Waals surface area contributed by atoms with Crippen molar-refractivity contribution in [3.8, 4) is 0 Å². The summed E-state index contributed by atoms with van der Waals surface area (Å²) in [5, 5.41) is 0. The first kappa shape index (κ1) is 14.5. The van der Waals surface area contributed by atoms with Gasteiger partial charge in [-0.3, -0.25) is 4.79 Å². The fourth-order valence-electron chi connectivity index (χ4n) is 2.65. The van der Waals surface area contributed by atoms with Crippen LogP contribution in [0.1, 0.15) is 29.8 Å². The van der Waals surface area contributed by atoms with Crippen molar-refractivity contribution in [2.24, 2.45) is 0 Å².